The van der Waals surface area contributed by atoms with E-state index in [9.17, 15) is 0 Å². The highest BCUT2D eigenvalue weighted by Crippen LogP contribution is 2.24. The highest BCUT2D eigenvalue weighted by atomic mass is 16.5. The van der Waals surface area contributed by atoms with Crippen LogP contribution in [0.1, 0.15) is 25.5 Å². The van der Waals surface area contributed by atoms with Crippen molar-refractivity contribution in [2.75, 3.05) is 46.4 Å². The Balaban J connectivity index is 1.85. The lowest BCUT2D eigenvalue weighted by atomic mass is 10.1. The molecule has 2 N–H and O–H groups in total. The SMILES string of the molecule is COc1ccccc1C(N)CN1CCN(CC(C)C)CC1. The van der Waals surface area contributed by atoms with E-state index in [-0.39, 0.29) is 6.04 Å². The molecule has 1 aromatic carbocycles. The van der Waals surface area contributed by atoms with E-state index in [0.29, 0.717) is 0 Å². The fourth-order valence-electron chi connectivity index (χ4n) is 3.02. The summed E-state index contributed by atoms with van der Waals surface area (Å²) in [6, 6.07) is 8.07. The van der Waals surface area contributed by atoms with Crippen LogP contribution in [-0.2, 0) is 0 Å². The predicted molar refractivity (Wildman–Crippen MR) is 87.6 cm³/mol. The van der Waals surface area contributed by atoms with E-state index >= 15 is 0 Å². The number of benzene rings is 1. The molecule has 1 aromatic rings. The smallest absolute Gasteiger partial charge is 0.123 e. The van der Waals surface area contributed by atoms with E-state index < -0.39 is 0 Å². The Bertz CT molecular complexity index is 428. The van der Waals surface area contributed by atoms with E-state index in [4.69, 9.17) is 10.5 Å². The molecule has 1 heterocycles. The van der Waals surface area contributed by atoms with Crippen LogP contribution in [0, 0.1) is 5.92 Å². The number of rotatable bonds is 6. The molecule has 2 rings (SSSR count). The summed E-state index contributed by atoms with van der Waals surface area (Å²) in [4.78, 5) is 5.02. The van der Waals surface area contributed by atoms with Crippen molar-refractivity contribution in [1.29, 1.82) is 0 Å². The molecule has 118 valence electrons. The molecule has 1 aliphatic heterocycles. The summed E-state index contributed by atoms with van der Waals surface area (Å²) in [5.41, 5.74) is 7.48. The second-order valence-corrected chi connectivity index (χ2v) is 6.34. The van der Waals surface area contributed by atoms with Crippen LogP contribution in [0.2, 0.25) is 0 Å². The lowest BCUT2D eigenvalue weighted by Crippen LogP contribution is -2.49. The fourth-order valence-corrected chi connectivity index (χ4v) is 3.02. The third kappa shape index (κ3) is 4.70. The lowest BCUT2D eigenvalue weighted by molar-refractivity contribution is 0.117. The van der Waals surface area contributed by atoms with E-state index in [0.717, 1.165) is 50.0 Å². The van der Waals surface area contributed by atoms with Gasteiger partial charge in [0.2, 0.25) is 0 Å². The highest BCUT2D eigenvalue weighted by molar-refractivity contribution is 5.35. The van der Waals surface area contributed by atoms with Crippen molar-refractivity contribution >= 4 is 0 Å². The van der Waals surface area contributed by atoms with Gasteiger partial charge in [-0.15, -0.1) is 0 Å². The molecular formula is C17H29N3O. The average Bonchev–Trinajstić information content (AvgIpc) is 2.48. The Morgan fingerprint density at radius 3 is 2.19 bits per heavy atom. The zero-order valence-electron chi connectivity index (χ0n) is 13.6. The van der Waals surface area contributed by atoms with E-state index in [1.165, 1.54) is 6.54 Å². The summed E-state index contributed by atoms with van der Waals surface area (Å²) in [5.74, 6) is 1.64. The van der Waals surface area contributed by atoms with Crippen LogP contribution in [0.5, 0.6) is 5.75 Å². The van der Waals surface area contributed by atoms with Gasteiger partial charge in [-0.05, 0) is 12.0 Å². The van der Waals surface area contributed by atoms with Crippen molar-refractivity contribution in [2.24, 2.45) is 11.7 Å². The molecule has 0 spiro atoms. The Labute approximate surface area is 128 Å². The molecule has 4 nitrogen and oxygen atoms in total. The second kappa shape index (κ2) is 7.78. The van der Waals surface area contributed by atoms with Crippen LogP contribution in [-0.4, -0.2) is 56.2 Å². The van der Waals surface area contributed by atoms with Gasteiger partial charge in [0.1, 0.15) is 5.75 Å². The third-order valence-electron chi connectivity index (χ3n) is 4.08. The van der Waals surface area contributed by atoms with Crippen molar-refractivity contribution in [2.45, 2.75) is 19.9 Å². The molecule has 1 fully saturated rings. The van der Waals surface area contributed by atoms with Crippen LogP contribution in [0.3, 0.4) is 0 Å². The summed E-state index contributed by atoms with van der Waals surface area (Å²) in [5, 5.41) is 0. The van der Waals surface area contributed by atoms with Gasteiger partial charge in [0.05, 0.1) is 7.11 Å². The van der Waals surface area contributed by atoms with Gasteiger partial charge in [-0.3, -0.25) is 4.90 Å². The van der Waals surface area contributed by atoms with Crippen LogP contribution in [0.25, 0.3) is 0 Å². The number of hydrogen-bond acceptors (Lipinski definition) is 4. The van der Waals surface area contributed by atoms with Gasteiger partial charge in [-0.1, -0.05) is 32.0 Å². The predicted octanol–water partition coefficient (Wildman–Crippen LogP) is 1.97. The molecule has 0 aliphatic carbocycles. The second-order valence-electron chi connectivity index (χ2n) is 6.34. The first-order chi connectivity index (χ1) is 10.1. The summed E-state index contributed by atoms with van der Waals surface area (Å²) < 4.78 is 5.41. The molecule has 1 aliphatic rings. The normalized spacial score (nSPS) is 18.9. The van der Waals surface area contributed by atoms with Crippen molar-refractivity contribution in [1.82, 2.24) is 9.80 Å². The van der Waals surface area contributed by atoms with Gasteiger partial charge in [0.25, 0.3) is 0 Å². The molecule has 1 unspecified atom stereocenters. The average molecular weight is 291 g/mol. The largest absolute Gasteiger partial charge is 0.496 e. The molecule has 1 saturated heterocycles. The number of methoxy groups -OCH3 is 1. The summed E-state index contributed by atoms with van der Waals surface area (Å²) in [7, 11) is 1.70. The van der Waals surface area contributed by atoms with Crippen molar-refractivity contribution in [3.8, 4) is 5.75 Å². The van der Waals surface area contributed by atoms with Crippen molar-refractivity contribution < 1.29 is 4.74 Å². The Morgan fingerprint density at radius 1 is 1.05 bits per heavy atom. The highest BCUT2D eigenvalue weighted by Gasteiger charge is 2.20. The molecule has 0 amide bonds. The minimum absolute atomic E-state index is 0.0119. The number of piperazine rings is 1. The summed E-state index contributed by atoms with van der Waals surface area (Å²) >= 11 is 0. The number of nitrogens with two attached hydrogens (primary N) is 1. The maximum Gasteiger partial charge on any atom is 0.123 e. The molecule has 21 heavy (non-hydrogen) atoms. The zero-order valence-corrected chi connectivity index (χ0v) is 13.6. The lowest BCUT2D eigenvalue weighted by Gasteiger charge is -2.36. The first kappa shape index (κ1) is 16.3. The van der Waals surface area contributed by atoms with Gasteiger partial charge >= 0.3 is 0 Å². The first-order valence-electron chi connectivity index (χ1n) is 7.93. The minimum Gasteiger partial charge on any atom is -0.496 e. The molecule has 0 radical (unpaired) electrons. The van der Waals surface area contributed by atoms with Gasteiger partial charge in [0.15, 0.2) is 0 Å². The first-order valence-corrected chi connectivity index (χ1v) is 7.93. The molecular weight excluding hydrogens is 262 g/mol. The third-order valence-corrected chi connectivity index (χ3v) is 4.08. The van der Waals surface area contributed by atoms with Gasteiger partial charge in [0, 0.05) is 50.9 Å². The van der Waals surface area contributed by atoms with E-state index in [1.807, 2.05) is 18.2 Å². The Kier molecular flexibility index (Phi) is 6.03. The van der Waals surface area contributed by atoms with Crippen LogP contribution in [0.4, 0.5) is 0 Å². The van der Waals surface area contributed by atoms with Gasteiger partial charge < -0.3 is 15.4 Å². The Hall–Kier alpha value is -1.10. The van der Waals surface area contributed by atoms with Gasteiger partial charge in [-0.2, -0.15) is 0 Å². The Morgan fingerprint density at radius 2 is 1.62 bits per heavy atom. The van der Waals surface area contributed by atoms with Crippen molar-refractivity contribution in [3.63, 3.8) is 0 Å². The number of hydrogen-bond donors (Lipinski definition) is 1. The summed E-state index contributed by atoms with van der Waals surface area (Å²) in [6.07, 6.45) is 0. The fraction of sp³-hybridized carbons (Fsp3) is 0.647. The van der Waals surface area contributed by atoms with Crippen LogP contribution >= 0.6 is 0 Å². The van der Waals surface area contributed by atoms with E-state index in [2.05, 4.69) is 29.7 Å². The van der Waals surface area contributed by atoms with Crippen molar-refractivity contribution in [3.05, 3.63) is 29.8 Å². The minimum atomic E-state index is 0.0119. The molecule has 4 heteroatoms. The molecule has 0 bridgehead atoms. The van der Waals surface area contributed by atoms with Gasteiger partial charge in [-0.25, -0.2) is 0 Å². The quantitative estimate of drug-likeness (QED) is 0.870. The standard InChI is InChI=1S/C17H29N3O/c1-14(2)12-19-8-10-20(11-9-19)13-16(18)15-6-4-5-7-17(15)21-3/h4-7,14,16H,8-13,18H2,1-3H3. The number of para-hydroxylation sites is 1. The van der Waals surface area contributed by atoms with E-state index in [1.54, 1.807) is 7.11 Å². The monoisotopic (exact) mass is 291 g/mol. The maximum atomic E-state index is 6.38. The number of nitrogens with zero attached hydrogens (tertiary/aromatic N) is 2. The molecule has 1 atom stereocenters. The number of ether oxygens (including phenoxy) is 1. The maximum absolute atomic E-state index is 6.38. The molecule has 0 aromatic heterocycles. The van der Waals surface area contributed by atoms with Crippen LogP contribution in [0.15, 0.2) is 24.3 Å². The zero-order chi connectivity index (χ0) is 15.2. The topological polar surface area (TPSA) is 41.7 Å². The molecule has 0 saturated carbocycles. The summed E-state index contributed by atoms with van der Waals surface area (Å²) in [6.45, 7) is 11.2. The van der Waals surface area contributed by atoms with Crippen LogP contribution < -0.4 is 10.5 Å².